The number of ketones is 1. The van der Waals surface area contributed by atoms with Crippen molar-refractivity contribution in [2.75, 3.05) is 0 Å². The van der Waals surface area contributed by atoms with Gasteiger partial charge in [0.2, 0.25) is 0 Å². The number of nitrogens with two attached hydrogens (primary N) is 1. The van der Waals surface area contributed by atoms with Gasteiger partial charge in [-0.25, -0.2) is 0 Å². The number of hydrogen-bond donors (Lipinski definition) is 1. The lowest BCUT2D eigenvalue weighted by molar-refractivity contribution is -0.119. The predicted octanol–water partition coefficient (Wildman–Crippen LogP) is 1.53. The first-order valence-electron chi connectivity index (χ1n) is 5.26. The minimum Gasteiger partial charge on any atom is -0.361 e. The van der Waals surface area contributed by atoms with Crippen LogP contribution < -0.4 is 5.73 Å². The molecule has 84 valence electrons. The Kier molecular flexibility index (Phi) is 4.03. The standard InChI is InChI=1S/C11H18N2O2/c1-4-5-10(12)11(14)6-9-7(2)13-15-8(9)3/h10H,4-6,12H2,1-3H3. The van der Waals surface area contributed by atoms with E-state index in [4.69, 9.17) is 10.3 Å². The Hall–Kier alpha value is -1.16. The van der Waals surface area contributed by atoms with Crippen molar-refractivity contribution in [3.63, 3.8) is 0 Å². The monoisotopic (exact) mass is 210 g/mol. The van der Waals surface area contributed by atoms with E-state index in [-0.39, 0.29) is 11.8 Å². The molecule has 0 fully saturated rings. The molecule has 1 unspecified atom stereocenters. The fraction of sp³-hybridized carbons (Fsp3) is 0.636. The normalized spacial score (nSPS) is 12.8. The van der Waals surface area contributed by atoms with Crippen LogP contribution in [-0.2, 0) is 11.2 Å². The van der Waals surface area contributed by atoms with E-state index in [9.17, 15) is 4.79 Å². The second-order valence-electron chi connectivity index (χ2n) is 3.84. The number of hydrogen-bond acceptors (Lipinski definition) is 4. The molecule has 0 radical (unpaired) electrons. The molecule has 1 aromatic rings. The number of rotatable bonds is 5. The van der Waals surface area contributed by atoms with Gasteiger partial charge in [0, 0.05) is 12.0 Å². The highest BCUT2D eigenvalue weighted by Crippen LogP contribution is 2.14. The van der Waals surface area contributed by atoms with Crippen LogP contribution in [0.5, 0.6) is 0 Å². The van der Waals surface area contributed by atoms with Gasteiger partial charge in [-0.1, -0.05) is 18.5 Å². The lowest BCUT2D eigenvalue weighted by Gasteiger charge is -2.08. The molecule has 0 aliphatic rings. The SMILES string of the molecule is CCCC(N)C(=O)Cc1c(C)noc1C. The van der Waals surface area contributed by atoms with Crippen LogP contribution in [0, 0.1) is 13.8 Å². The highest BCUT2D eigenvalue weighted by atomic mass is 16.5. The third-order valence-electron chi connectivity index (χ3n) is 2.55. The van der Waals surface area contributed by atoms with Gasteiger partial charge in [0.05, 0.1) is 11.7 Å². The van der Waals surface area contributed by atoms with E-state index < -0.39 is 0 Å². The molecular formula is C11H18N2O2. The van der Waals surface area contributed by atoms with Crippen molar-refractivity contribution < 1.29 is 9.32 Å². The molecule has 1 rings (SSSR count). The maximum atomic E-state index is 11.7. The molecule has 0 spiro atoms. The number of aromatic nitrogens is 1. The fourth-order valence-corrected chi connectivity index (χ4v) is 1.53. The summed E-state index contributed by atoms with van der Waals surface area (Å²) < 4.78 is 4.99. The first kappa shape index (κ1) is 11.9. The van der Waals surface area contributed by atoms with Gasteiger partial charge in [-0.2, -0.15) is 0 Å². The van der Waals surface area contributed by atoms with Gasteiger partial charge in [-0.05, 0) is 20.3 Å². The highest BCUT2D eigenvalue weighted by Gasteiger charge is 2.17. The van der Waals surface area contributed by atoms with E-state index in [2.05, 4.69) is 5.16 Å². The number of carbonyl (C=O) groups excluding carboxylic acids is 1. The van der Waals surface area contributed by atoms with Crippen molar-refractivity contribution in [2.45, 2.75) is 46.1 Å². The summed E-state index contributed by atoms with van der Waals surface area (Å²) in [5, 5.41) is 3.81. The zero-order valence-corrected chi connectivity index (χ0v) is 9.54. The highest BCUT2D eigenvalue weighted by molar-refractivity contribution is 5.86. The van der Waals surface area contributed by atoms with Gasteiger partial charge in [-0.3, -0.25) is 4.79 Å². The molecule has 0 saturated carbocycles. The molecule has 4 nitrogen and oxygen atoms in total. The molecule has 0 bridgehead atoms. The predicted molar refractivity (Wildman–Crippen MR) is 57.6 cm³/mol. The molecule has 0 aliphatic heterocycles. The molecule has 0 amide bonds. The molecule has 15 heavy (non-hydrogen) atoms. The molecule has 1 aromatic heterocycles. The van der Waals surface area contributed by atoms with Crippen molar-refractivity contribution in [3.8, 4) is 0 Å². The first-order chi connectivity index (χ1) is 7.06. The van der Waals surface area contributed by atoms with Gasteiger partial charge in [-0.15, -0.1) is 0 Å². The zero-order chi connectivity index (χ0) is 11.4. The summed E-state index contributed by atoms with van der Waals surface area (Å²) >= 11 is 0. The molecule has 4 heteroatoms. The molecular weight excluding hydrogens is 192 g/mol. The minimum absolute atomic E-state index is 0.0613. The van der Waals surface area contributed by atoms with Crippen LogP contribution in [0.1, 0.15) is 36.8 Å². The van der Waals surface area contributed by atoms with Gasteiger partial charge in [0.25, 0.3) is 0 Å². The van der Waals surface area contributed by atoms with Gasteiger partial charge in [0.15, 0.2) is 5.78 Å². The Bertz CT molecular complexity index is 325. The topological polar surface area (TPSA) is 69.1 Å². The number of carbonyl (C=O) groups is 1. The minimum atomic E-state index is -0.358. The van der Waals surface area contributed by atoms with Gasteiger partial charge in [0.1, 0.15) is 5.76 Å². The van der Waals surface area contributed by atoms with Crippen LogP contribution >= 0.6 is 0 Å². The lowest BCUT2D eigenvalue weighted by atomic mass is 10.0. The quantitative estimate of drug-likeness (QED) is 0.800. The second kappa shape index (κ2) is 5.07. The molecule has 1 atom stereocenters. The van der Waals surface area contributed by atoms with E-state index in [1.165, 1.54) is 0 Å². The van der Waals surface area contributed by atoms with Gasteiger partial charge < -0.3 is 10.3 Å². The molecule has 2 N–H and O–H groups in total. The summed E-state index contributed by atoms with van der Waals surface area (Å²) in [4.78, 5) is 11.7. The first-order valence-corrected chi connectivity index (χ1v) is 5.26. The summed E-state index contributed by atoms with van der Waals surface area (Å²) in [7, 11) is 0. The second-order valence-corrected chi connectivity index (χ2v) is 3.84. The Balaban J connectivity index is 2.66. The van der Waals surface area contributed by atoms with E-state index in [0.29, 0.717) is 12.2 Å². The third kappa shape index (κ3) is 2.89. The average molecular weight is 210 g/mol. The Labute approximate surface area is 89.8 Å². The number of aryl methyl sites for hydroxylation is 2. The summed E-state index contributed by atoms with van der Waals surface area (Å²) in [5.74, 6) is 0.774. The Morgan fingerprint density at radius 3 is 2.67 bits per heavy atom. The van der Waals surface area contributed by atoms with Crippen LogP contribution in [-0.4, -0.2) is 17.0 Å². The van der Waals surface area contributed by atoms with Crippen LogP contribution in [0.2, 0.25) is 0 Å². The summed E-state index contributed by atoms with van der Waals surface area (Å²) in [5.41, 5.74) is 7.41. The number of Topliss-reactive ketones (excluding diaryl/α,β-unsaturated/α-hetero) is 1. The fourth-order valence-electron chi connectivity index (χ4n) is 1.53. The smallest absolute Gasteiger partial charge is 0.154 e. The van der Waals surface area contributed by atoms with E-state index in [1.807, 2.05) is 20.8 Å². The maximum Gasteiger partial charge on any atom is 0.154 e. The average Bonchev–Trinajstić information content (AvgIpc) is 2.49. The van der Waals surface area contributed by atoms with Gasteiger partial charge >= 0.3 is 0 Å². The summed E-state index contributed by atoms with van der Waals surface area (Å²) in [6.45, 7) is 5.67. The zero-order valence-electron chi connectivity index (χ0n) is 9.54. The van der Waals surface area contributed by atoms with E-state index in [0.717, 1.165) is 24.1 Å². The largest absolute Gasteiger partial charge is 0.361 e. The molecule has 1 heterocycles. The Morgan fingerprint density at radius 1 is 1.53 bits per heavy atom. The summed E-state index contributed by atoms with van der Waals surface area (Å²) in [6.07, 6.45) is 2.00. The van der Waals surface area contributed by atoms with Crippen molar-refractivity contribution in [1.29, 1.82) is 0 Å². The van der Waals surface area contributed by atoms with Crippen molar-refractivity contribution in [3.05, 3.63) is 17.0 Å². The lowest BCUT2D eigenvalue weighted by Crippen LogP contribution is -2.31. The van der Waals surface area contributed by atoms with Crippen molar-refractivity contribution in [2.24, 2.45) is 5.73 Å². The van der Waals surface area contributed by atoms with Crippen molar-refractivity contribution >= 4 is 5.78 Å². The summed E-state index contributed by atoms with van der Waals surface area (Å²) in [6, 6.07) is -0.358. The molecule has 0 saturated heterocycles. The Morgan fingerprint density at radius 2 is 2.20 bits per heavy atom. The van der Waals surface area contributed by atoms with Crippen LogP contribution in [0.3, 0.4) is 0 Å². The van der Waals surface area contributed by atoms with Crippen molar-refractivity contribution in [1.82, 2.24) is 5.16 Å². The number of nitrogens with zero attached hydrogens (tertiary/aromatic N) is 1. The maximum absolute atomic E-state index is 11.7. The van der Waals surface area contributed by atoms with E-state index >= 15 is 0 Å². The third-order valence-corrected chi connectivity index (χ3v) is 2.55. The van der Waals surface area contributed by atoms with E-state index in [1.54, 1.807) is 0 Å². The van der Waals surface area contributed by atoms with Crippen LogP contribution in [0.4, 0.5) is 0 Å². The van der Waals surface area contributed by atoms with Crippen LogP contribution in [0.25, 0.3) is 0 Å². The molecule has 0 aromatic carbocycles. The van der Waals surface area contributed by atoms with Crippen LogP contribution in [0.15, 0.2) is 4.52 Å². The molecule has 0 aliphatic carbocycles.